The van der Waals surface area contributed by atoms with Gasteiger partial charge < -0.3 is 11.1 Å². The molecule has 0 bridgehead atoms. The summed E-state index contributed by atoms with van der Waals surface area (Å²) in [5, 5.41) is 3.41. The summed E-state index contributed by atoms with van der Waals surface area (Å²) in [6, 6.07) is 16.5. The number of nitrogens with two attached hydrogens (primary N) is 1. The summed E-state index contributed by atoms with van der Waals surface area (Å²) in [6.45, 7) is 2.96. The summed E-state index contributed by atoms with van der Waals surface area (Å²) in [5.41, 5.74) is 10.2. The van der Waals surface area contributed by atoms with Gasteiger partial charge in [0, 0.05) is 17.9 Å². The fourth-order valence-electron chi connectivity index (χ4n) is 1.78. The Morgan fingerprint density at radius 1 is 1.06 bits per heavy atom. The predicted molar refractivity (Wildman–Crippen MR) is 74.2 cm³/mol. The smallest absolute Gasteiger partial charge is 0.0345 e. The molecule has 0 spiro atoms. The Morgan fingerprint density at radius 2 is 1.82 bits per heavy atom. The topological polar surface area (TPSA) is 38.0 Å². The number of anilines is 2. The van der Waals surface area contributed by atoms with Gasteiger partial charge in [0.1, 0.15) is 0 Å². The second kappa shape index (κ2) is 5.39. The molecule has 0 aromatic heterocycles. The minimum atomic E-state index is 0.846. The van der Waals surface area contributed by atoms with Crippen molar-refractivity contribution in [3.8, 4) is 0 Å². The van der Waals surface area contributed by atoms with E-state index >= 15 is 0 Å². The second-order valence-electron chi connectivity index (χ2n) is 4.23. The second-order valence-corrected chi connectivity index (χ2v) is 4.23. The van der Waals surface area contributed by atoms with Crippen LogP contribution in [0.4, 0.5) is 11.4 Å². The van der Waals surface area contributed by atoms with Crippen molar-refractivity contribution in [2.75, 3.05) is 17.6 Å². The maximum atomic E-state index is 5.78. The summed E-state index contributed by atoms with van der Waals surface area (Å²) in [4.78, 5) is 0. The quantitative estimate of drug-likeness (QED) is 0.785. The SMILES string of the molecule is Cc1cc(NCCc2ccccc2)ccc1N. The van der Waals surface area contributed by atoms with E-state index in [0.29, 0.717) is 0 Å². The summed E-state index contributed by atoms with van der Waals surface area (Å²) in [5.74, 6) is 0. The molecule has 2 heteroatoms. The Balaban J connectivity index is 1.88. The van der Waals surface area contributed by atoms with Crippen LogP contribution >= 0.6 is 0 Å². The maximum Gasteiger partial charge on any atom is 0.0345 e. The molecule has 3 N–H and O–H groups in total. The number of hydrogen-bond donors (Lipinski definition) is 2. The van der Waals surface area contributed by atoms with Crippen LogP contribution in [0.3, 0.4) is 0 Å². The largest absolute Gasteiger partial charge is 0.399 e. The van der Waals surface area contributed by atoms with E-state index in [1.54, 1.807) is 0 Å². The van der Waals surface area contributed by atoms with Crippen LogP contribution in [-0.4, -0.2) is 6.54 Å². The van der Waals surface area contributed by atoms with Crippen molar-refractivity contribution in [3.63, 3.8) is 0 Å². The molecule has 0 saturated heterocycles. The van der Waals surface area contributed by atoms with Gasteiger partial charge in [-0.05, 0) is 42.7 Å². The minimum Gasteiger partial charge on any atom is -0.399 e. The van der Waals surface area contributed by atoms with E-state index < -0.39 is 0 Å². The van der Waals surface area contributed by atoms with E-state index in [4.69, 9.17) is 5.73 Å². The highest BCUT2D eigenvalue weighted by Crippen LogP contribution is 2.16. The first-order valence-corrected chi connectivity index (χ1v) is 5.89. The van der Waals surface area contributed by atoms with Crippen LogP contribution in [0.15, 0.2) is 48.5 Å². The fourth-order valence-corrected chi connectivity index (χ4v) is 1.78. The van der Waals surface area contributed by atoms with Gasteiger partial charge in [0.2, 0.25) is 0 Å². The van der Waals surface area contributed by atoms with E-state index in [1.807, 2.05) is 25.1 Å². The zero-order valence-electron chi connectivity index (χ0n) is 10.1. The van der Waals surface area contributed by atoms with Crippen molar-refractivity contribution in [3.05, 3.63) is 59.7 Å². The first-order valence-electron chi connectivity index (χ1n) is 5.89. The Labute approximate surface area is 102 Å². The lowest BCUT2D eigenvalue weighted by atomic mass is 10.1. The van der Waals surface area contributed by atoms with Gasteiger partial charge in [-0.1, -0.05) is 30.3 Å². The van der Waals surface area contributed by atoms with Crippen LogP contribution in [-0.2, 0) is 6.42 Å². The molecule has 2 aromatic carbocycles. The molecule has 0 atom stereocenters. The monoisotopic (exact) mass is 226 g/mol. The predicted octanol–water partition coefficient (Wildman–Crippen LogP) is 3.23. The van der Waals surface area contributed by atoms with Gasteiger partial charge >= 0.3 is 0 Å². The van der Waals surface area contributed by atoms with Crippen molar-refractivity contribution >= 4 is 11.4 Å². The number of nitrogen functional groups attached to an aromatic ring is 1. The normalized spacial score (nSPS) is 10.2. The summed E-state index contributed by atoms with van der Waals surface area (Å²) >= 11 is 0. The molecule has 0 aliphatic carbocycles. The number of rotatable bonds is 4. The highest BCUT2D eigenvalue weighted by atomic mass is 14.9. The Hall–Kier alpha value is -1.96. The maximum absolute atomic E-state index is 5.78. The van der Waals surface area contributed by atoms with Gasteiger partial charge in [-0.2, -0.15) is 0 Å². The van der Waals surface area contributed by atoms with Crippen LogP contribution in [0.5, 0.6) is 0 Å². The highest BCUT2D eigenvalue weighted by Gasteiger charge is 1.96. The van der Waals surface area contributed by atoms with Crippen molar-refractivity contribution in [1.29, 1.82) is 0 Å². The first kappa shape index (κ1) is 11.5. The highest BCUT2D eigenvalue weighted by molar-refractivity contribution is 5.56. The van der Waals surface area contributed by atoms with Gasteiger partial charge in [0.15, 0.2) is 0 Å². The third-order valence-corrected chi connectivity index (χ3v) is 2.86. The molecule has 0 amide bonds. The number of benzene rings is 2. The van der Waals surface area contributed by atoms with E-state index in [-0.39, 0.29) is 0 Å². The van der Waals surface area contributed by atoms with Gasteiger partial charge in [-0.3, -0.25) is 0 Å². The van der Waals surface area contributed by atoms with Crippen molar-refractivity contribution in [1.82, 2.24) is 0 Å². The van der Waals surface area contributed by atoms with E-state index in [2.05, 4.69) is 35.6 Å². The number of nitrogens with one attached hydrogen (secondary N) is 1. The molecule has 88 valence electrons. The van der Waals surface area contributed by atoms with Crippen LogP contribution in [0.1, 0.15) is 11.1 Å². The lowest BCUT2D eigenvalue weighted by Gasteiger charge is -2.08. The zero-order chi connectivity index (χ0) is 12.1. The molecule has 0 heterocycles. The summed E-state index contributed by atoms with van der Waals surface area (Å²) in [7, 11) is 0. The molecule has 2 nitrogen and oxygen atoms in total. The summed E-state index contributed by atoms with van der Waals surface area (Å²) in [6.07, 6.45) is 1.03. The van der Waals surface area contributed by atoms with Crippen molar-refractivity contribution in [2.45, 2.75) is 13.3 Å². The minimum absolute atomic E-state index is 0.846. The summed E-state index contributed by atoms with van der Waals surface area (Å²) < 4.78 is 0. The van der Waals surface area contributed by atoms with Crippen LogP contribution in [0, 0.1) is 6.92 Å². The van der Waals surface area contributed by atoms with E-state index in [9.17, 15) is 0 Å². The lowest BCUT2D eigenvalue weighted by molar-refractivity contribution is 1.02. The van der Waals surface area contributed by atoms with Gasteiger partial charge in [-0.15, -0.1) is 0 Å². The molecule has 0 aliphatic rings. The van der Waals surface area contributed by atoms with Crippen LogP contribution < -0.4 is 11.1 Å². The molecule has 2 rings (SSSR count). The van der Waals surface area contributed by atoms with Gasteiger partial charge in [0.05, 0.1) is 0 Å². The Kier molecular flexibility index (Phi) is 3.66. The number of aryl methyl sites for hydroxylation is 1. The Bertz CT molecular complexity index is 478. The fraction of sp³-hybridized carbons (Fsp3) is 0.200. The van der Waals surface area contributed by atoms with Gasteiger partial charge in [-0.25, -0.2) is 0 Å². The van der Waals surface area contributed by atoms with Crippen LogP contribution in [0.25, 0.3) is 0 Å². The third kappa shape index (κ3) is 3.25. The lowest BCUT2D eigenvalue weighted by Crippen LogP contribution is -2.05. The molecule has 0 saturated carbocycles. The molecule has 0 fully saturated rings. The molecule has 0 unspecified atom stereocenters. The number of hydrogen-bond acceptors (Lipinski definition) is 2. The zero-order valence-corrected chi connectivity index (χ0v) is 10.1. The Morgan fingerprint density at radius 3 is 2.53 bits per heavy atom. The van der Waals surface area contributed by atoms with Gasteiger partial charge in [0.25, 0.3) is 0 Å². The average molecular weight is 226 g/mol. The van der Waals surface area contributed by atoms with Crippen molar-refractivity contribution < 1.29 is 0 Å². The first-order chi connectivity index (χ1) is 8.25. The van der Waals surface area contributed by atoms with Crippen LogP contribution in [0.2, 0.25) is 0 Å². The molecular formula is C15H18N2. The van der Waals surface area contributed by atoms with E-state index in [1.165, 1.54) is 5.56 Å². The van der Waals surface area contributed by atoms with E-state index in [0.717, 1.165) is 29.9 Å². The molecule has 0 radical (unpaired) electrons. The molecule has 0 aliphatic heterocycles. The molecule has 2 aromatic rings. The van der Waals surface area contributed by atoms with Crippen molar-refractivity contribution in [2.24, 2.45) is 0 Å². The average Bonchev–Trinajstić information content (AvgIpc) is 2.35. The molecular weight excluding hydrogens is 208 g/mol. The molecule has 17 heavy (non-hydrogen) atoms. The standard InChI is InChI=1S/C15H18N2/c1-12-11-14(7-8-15(12)16)17-10-9-13-5-3-2-4-6-13/h2-8,11,17H,9-10,16H2,1H3. The third-order valence-electron chi connectivity index (χ3n) is 2.86.